The Bertz CT molecular complexity index is 440. The van der Waals surface area contributed by atoms with Gasteiger partial charge in [-0.05, 0) is 18.6 Å². The summed E-state index contributed by atoms with van der Waals surface area (Å²) in [6.07, 6.45) is -3.90. The number of ether oxygens (including phenoxy) is 1. The van der Waals surface area contributed by atoms with E-state index < -0.39 is 27.3 Å². The van der Waals surface area contributed by atoms with Gasteiger partial charge in [0.2, 0.25) is 10.6 Å². The number of hydrogen-bond acceptors (Lipinski definition) is 3. The van der Waals surface area contributed by atoms with Crippen LogP contribution in [0.15, 0.2) is 18.2 Å². The SMILES string of the molecule is Cc1ccc([N+](=O)[O-])c(OC(F)(F)C(Cl)Cl)c1. The highest BCUT2D eigenvalue weighted by Gasteiger charge is 2.41. The molecule has 0 aromatic heterocycles. The van der Waals surface area contributed by atoms with Crippen molar-refractivity contribution in [2.45, 2.75) is 17.9 Å². The van der Waals surface area contributed by atoms with Crippen molar-refractivity contribution < 1.29 is 18.4 Å². The Morgan fingerprint density at radius 1 is 1.47 bits per heavy atom. The number of halogens is 4. The second kappa shape index (κ2) is 5.01. The van der Waals surface area contributed by atoms with E-state index in [4.69, 9.17) is 23.2 Å². The number of alkyl halides is 4. The van der Waals surface area contributed by atoms with Gasteiger partial charge >= 0.3 is 11.8 Å². The van der Waals surface area contributed by atoms with Gasteiger partial charge in [0.15, 0.2) is 0 Å². The fourth-order valence-electron chi connectivity index (χ4n) is 1.05. The van der Waals surface area contributed by atoms with Crippen LogP contribution >= 0.6 is 23.2 Å². The van der Waals surface area contributed by atoms with Crippen LogP contribution in [0, 0.1) is 17.0 Å². The molecule has 94 valence electrons. The van der Waals surface area contributed by atoms with E-state index in [9.17, 15) is 18.9 Å². The first kappa shape index (κ1) is 13.9. The monoisotopic (exact) mass is 285 g/mol. The van der Waals surface area contributed by atoms with Gasteiger partial charge in [-0.25, -0.2) is 0 Å². The molecule has 4 nitrogen and oxygen atoms in total. The average Bonchev–Trinajstić information content (AvgIpc) is 2.15. The normalized spacial score (nSPS) is 11.6. The highest BCUT2D eigenvalue weighted by Crippen LogP contribution is 2.35. The predicted octanol–water partition coefficient (Wildman–Crippen LogP) is 3.68. The van der Waals surface area contributed by atoms with Crippen LogP contribution in [0.4, 0.5) is 14.5 Å². The Labute approximate surface area is 105 Å². The molecular weight excluding hydrogens is 279 g/mol. The summed E-state index contributed by atoms with van der Waals surface area (Å²) in [6, 6.07) is 3.59. The van der Waals surface area contributed by atoms with Crippen molar-refractivity contribution in [3.8, 4) is 5.75 Å². The lowest BCUT2D eigenvalue weighted by atomic mass is 10.2. The van der Waals surface area contributed by atoms with Gasteiger partial charge in [0, 0.05) is 6.07 Å². The molecule has 0 bridgehead atoms. The van der Waals surface area contributed by atoms with Crippen molar-refractivity contribution in [1.29, 1.82) is 0 Å². The molecule has 0 fully saturated rings. The van der Waals surface area contributed by atoms with Crippen LogP contribution < -0.4 is 4.74 Å². The molecule has 17 heavy (non-hydrogen) atoms. The van der Waals surface area contributed by atoms with E-state index >= 15 is 0 Å². The van der Waals surface area contributed by atoms with Crippen LogP contribution in [0.5, 0.6) is 5.75 Å². The summed E-state index contributed by atoms with van der Waals surface area (Å²) in [5, 5.41) is 10.6. The Morgan fingerprint density at radius 2 is 2.06 bits per heavy atom. The topological polar surface area (TPSA) is 52.4 Å². The summed E-state index contributed by atoms with van der Waals surface area (Å²) < 4.78 is 30.4. The number of hydrogen-bond donors (Lipinski definition) is 0. The van der Waals surface area contributed by atoms with E-state index in [1.165, 1.54) is 6.07 Å². The van der Waals surface area contributed by atoms with E-state index in [1.807, 2.05) is 0 Å². The molecule has 1 aromatic carbocycles. The van der Waals surface area contributed by atoms with Crippen molar-refractivity contribution in [1.82, 2.24) is 0 Å². The lowest BCUT2D eigenvalue weighted by Gasteiger charge is -2.18. The summed E-state index contributed by atoms with van der Waals surface area (Å²) in [7, 11) is 0. The second-order valence-corrected chi connectivity index (χ2v) is 4.29. The Morgan fingerprint density at radius 3 is 2.53 bits per heavy atom. The number of nitrogens with zero attached hydrogens (tertiary/aromatic N) is 1. The Hall–Kier alpha value is -1.14. The highest BCUT2D eigenvalue weighted by molar-refractivity contribution is 6.44. The maximum absolute atomic E-state index is 13.1. The van der Waals surface area contributed by atoms with Gasteiger partial charge in [-0.2, -0.15) is 8.78 Å². The molecule has 0 radical (unpaired) electrons. The summed E-state index contributed by atoms with van der Waals surface area (Å²) >= 11 is 10.0. The van der Waals surface area contributed by atoms with Gasteiger partial charge in [-0.15, -0.1) is 0 Å². The van der Waals surface area contributed by atoms with E-state index in [1.54, 1.807) is 6.92 Å². The van der Waals surface area contributed by atoms with Crippen LogP contribution in [0.2, 0.25) is 0 Å². The van der Waals surface area contributed by atoms with E-state index in [2.05, 4.69) is 4.74 Å². The Kier molecular flexibility index (Phi) is 4.11. The molecule has 0 aliphatic rings. The molecule has 0 saturated carbocycles. The van der Waals surface area contributed by atoms with Crippen molar-refractivity contribution in [2.75, 3.05) is 0 Å². The zero-order chi connectivity index (χ0) is 13.2. The quantitative estimate of drug-likeness (QED) is 0.482. The average molecular weight is 286 g/mol. The zero-order valence-electron chi connectivity index (χ0n) is 8.49. The molecule has 0 unspecified atom stereocenters. The largest absolute Gasteiger partial charge is 0.429 e. The third-order valence-corrected chi connectivity index (χ3v) is 2.32. The van der Waals surface area contributed by atoms with E-state index in [0.717, 1.165) is 12.1 Å². The standard InChI is InChI=1S/C9H7Cl2F2NO3/c1-5-2-3-6(14(15)16)7(4-5)17-9(12,13)8(10)11/h2-4,8H,1H3. The van der Waals surface area contributed by atoms with Crippen molar-refractivity contribution in [2.24, 2.45) is 0 Å². The molecule has 0 atom stereocenters. The van der Waals surface area contributed by atoms with Crippen LogP contribution in [0.3, 0.4) is 0 Å². The predicted molar refractivity (Wildman–Crippen MR) is 58.9 cm³/mol. The first-order valence-electron chi connectivity index (χ1n) is 4.34. The summed E-state index contributed by atoms with van der Waals surface area (Å²) in [5.41, 5.74) is -0.0497. The van der Waals surface area contributed by atoms with E-state index in [-0.39, 0.29) is 0 Å². The van der Waals surface area contributed by atoms with Gasteiger partial charge < -0.3 is 4.74 Å². The summed E-state index contributed by atoms with van der Waals surface area (Å²) in [6.45, 7) is 1.58. The van der Waals surface area contributed by atoms with Crippen LogP contribution in [0.25, 0.3) is 0 Å². The zero-order valence-corrected chi connectivity index (χ0v) is 10.0. The molecule has 0 spiro atoms. The minimum Gasteiger partial charge on any atom is -0.423 e. The first-order valence-corrected chi connectivity index (χ1v) is 5.21. The maximum atomic E-state index is 13.1. The smallest absolute Gasteiger partial charge is 0.423 e. The van der Waals surface area contributed by atoms with Gasteiger partial charge in [-0.1, -0.05) is 29.3 Å². The van der Waals surface area contributed by atoms with Gasteiger partial charge in [0.05, 0.1) is 4.92 Å². The maximum Gasteiger partial charge on any atom is 0.429 e. The third kappa shape index (κ3) is 3.41. The first-order chi connectivity index (χ1) is 7.74. The lowest BCUT2D eigenvalue weighted by Crippen LogP contribution is -2.32. The van der Waals surface area contributed by atoms with Gasteiger partial charge in [0.1, 0.15) is 0 Å². The fourth-order valence-corrected chi connectivity index (χ4v) is 1.13. The van der Waals surface area contributed by atoms with Gasteiger partial charge in [0.25, 0.3) is 0 Å². The second-order valence-electron chi connectivity index (χ2n) is 3.19. The molecule has 8 heteroatoms. The summed E-state index contributed by atoms with van der Waals surface area (Å²) in [4.78, 5) is 7.65. The molecule has 0 amide bonds. The van der Waals surface area contributed by atoms with Crippen LogP contribution in [-0.2, 0) is 0 Å². The number of nitro groups is 1. The van der Waals surface area contributed by atoms with Crippen molar-refractivity contribution in [3.05, 3.63) is 33.9 Å². The minimum absolute atomic E-state index is 0.530. The number of aryl methyl sites for hydroxylation is 1. The molecule has 0 aliphatic heterocycles. The van der Waals surface area contributed by atoms with Crippen LogP contribution in [-0.4, -0.2) is 15.9 Å². The molecule has 1 rings (SSSR count). The number of rotatable bonds is 4. The van der Waals surface area contributed by atoms with Crippen LogP contribution in [0.1, 0.15) is 5.56 Å². The molecule has 0 aliphatic carbocycles. The van der Waals surface area contributed by atoms with Crippen molar-refractivity contribution in [3.63, 3.8) is 0 Å². The molecule has 0 heterocycles. The fraction of sp³-hybridized carbons (Fsp3) is 0.333. The molecule has 1 aromatic rings. The number of benzene rings is 1. The highest BCUT2D eigenvalue weighted by atomic mass is 35.5. The Balaban J connectivity index is 3.13. The van der Waals surface area contributed by atoms with E-state index in [0.29, 0.717) is 5.56 Å². The molecular formula is C9H7Cl2F2NO3. The summed E-state index contributed by atoms with van der Waals surface area (Å²) in [5.74, 6) is -0.578. The van der Waals surface area contributed by atoms with Gasteiger partial charge in [-0.3, -0.25) is 10.1 Å². The molecule has 0 saturated heterocycles. The minimum atomic E-state index is -3.90. The molecule has 0 N–H and O–H groups in total. The van der Waals surface area contributed by atoms with Crippen molar-refractivity contribution >= 4 is 28.9 Å². The number of nitro benzene ring substituents is 1. The third-order valence-electron chi connectivity index (χ3n) is 1.81. The lowest BCUT2D eigenvalue weighted by molar-refractivity contribution is -0.387.